The average molecular weight is 367 g/mol. The summed E-state index contributed by atoms with van der Waals surface area (Å²) in [6, 6.07) is 5.94. The lowest BCUT2D eigenvalue weighted by Gasteiger charge is -2.05. The van der Waals surface area contributed by atoms with Crippen molar-refractivity contribution in [3.8, 4) is 0 Å². The molecule has 3 N–H and O–H groups in total. The largest absolute Gasteiger partial charge is 0.381 e. The molecular formula is C20H31ClN2O2. The number of rotatable bonds is 0. The van der Waals surface area contributed by atoms with Crippen LogP contribution in [0.25, 0.3) is 10.9 Å². The van der Waals surface area contributed by atoms with Crippen LogP contribution in [-0.4, -0.2) is 24.6 Å². The number of hydrogen-bond acceptors (Lipinski definition) is 2. The average Bonchev–Trinajstić information content (AvgIpc) is 3.35. The van der Waals surface area contributed by atoms with Gasteiger partial charge in [0.25, 0.3) is 0 Å². The van der Waals surface area contributed by atoms with Crippen molar-refractivity contribution in [2.45, 2.75) is 58.3 Å². The van der Waals surface area contributed by atoms with Crippen LogP contribution in [-0.2, 0) is 9.53 Å². The highest BCUT2D eigenvalue weighted by Gasteiger charge is 2.00. The molecule has 2 aromatic rings. The van der Waals surface area contributed by atoms with Gasteiger partial charge in [-0.2, -0.15) is 0 Å². The number of carbonyl (C=O) groups excluding carboxylic acids is 1. The van der Waals surface area contributed by atoms with Crippen LogP contribution in [0, 0.1) is 6.92 Å². The number of aromatic nitrogens is 1. The molecule has 25 heavy (non-hydrogen) atoms. The van der Waals surface area contributed by atoms with Gasteiger partial charge in [-0.25, -0.2) is 0 Å². The Labute approximate surface area is 156 Å². The third-order valence-electron chi connectivity index (χ3n) is 4.26. The Morgan fingerprint density at radius 2 is 1.52 bits per heavy atom. The zero-order valence-corrected chi connectivity index (χ0v) is 16.0. The summed E-state index contributed by atoms with van der Waals surface area (Å²) < 4.78 is 4.94. The molecule has 1 aromatic heterocycles. The molecule has 1 aliphatic carbocycles. The summed E-state index contributed by atoms with van der Waals surface area (Å²) in [5.41, 5.74) is 6.46. The van der Waals surface area contributed by atoms with E-state index in [1.165, 1.54) is 56.8 Å². The second-order valence-corrected chi connectivity index (χ2v) is 6.60. The van der Waals surface area contributed by atoms with Crippen molar-refractivity contribution in [1.29, 1.82) is 0 Å². The molecule has 1 saturated carbocycles. The van der Waals surface area contributed by atoms with Gasteiger partial charge in [0.1, 0.15) is 0 Å². The summed E-state index contributed by atoms with van der Waals surface area (Å²) >= 11 is 5.93. The molecule has 0 bridgehead atoms. The van der Waals surface area contributed by atoms with E-state index in [4.69, 9.17) is 21.1 Å². The maximum Gasteiger partial charge on any atom is 0.204 e. The molecule has 0 radical (unpaired) electrons. The Morgan fingerprint density at radius 3 is 1.96 bits per heavy atom. The van der Waals surface area contributed by atoms with Crippen LogP contribution >= 0.6 is 11.6 Å². The summed E-state index contributed by atoms with van der Waals surface area (Å²) in [5.74, 6) is 0. The van der Waals surface area contributed by atoms with Crippen LogP contribution in [0.1, 0.15) is 56.9 Å². The van der Waals surface area contributed by atoms with E-state index in [0.29, 0.717) is 0 Å². The van der Waals surface area contributed by atoms with Gasteiger partial charge >= 0.3 is 0 Å². The predicted molar refractivity (Wildman–Crippen MR) is 106 cm³/mol. The number of fused-ring (bicyclic) bond motifs is 1. The zero-order valence-electron chi connectivity index (χ0n) is 15.2. The highest BCUT2D eigenvalue weighted by atomic mass is 35.5. The van der Waals surface area contributed by atoms with Gasteiger partial charge in [-0.3, -0.25) is 4.79 Å². The molecule has 140 valence electrons. The first-order valence-electron chi connectivity index (χ1n) is 9.16. The Hall–Kier alpha value is -1.52. The summed E-state index contributed by atoms with van der Waals surface area (Å²) in [7, 11) is 0. The minimum Gasteiger partial charge on any atom is -0.381 e. The number of benzene rings is 1. The zero-order chi connectivity index (χ0) is 18.3. The minimum absolute atomic E-state index is 0.250. The van der Waals surface area contributed by atoms with Crippen LogP contribution in [0.4, 0.5) is 0 Å². The van der Waals surface area contributed by atoms with Gasteiger partial charge in [-0.05, 0) is 43.5 Å². The van der Waals surface area contributed by atoms with E-state index in [2.05, 4.69) is 10.7 Å². The van der Waals surface area contributed by atoms with E-state index in [9.17, 15) is 0 Å². The number of aromatic amines is 1. The van der Waals surface area contributed by atoms with Gasteiger partial charge in [0.15, 0.2) is 0 Å². The molecule has 2 heterocycles. The van der Waals surface area contributed by atoms with Crippen LogP contribution in [0.5, 0.6) is 0 Å². The molecule has 0 spiro atoms. The van der Waals surface area contributed by atoms with E-state index in [0.717, 1.165) is 29.3 Å². The van der Waals surface area contributed by atoms with Crippen molar-refractivity contribution in [2.24, 2.45) is 5.73 Å². The number of nitrogens with one attached hydrogen (secondary N) is 1. The van der Waals surface area contributed by atoms with E-state index < -0.39 is 0 Å². The fourth-order valence-electron chi connectivity index (χ4n) is 2.83. The van der Waals surface area contributed by atoms with Gasteiger partial charge in [0, 0.05) is 35.3 Å². The second kappa shape index (κ2) is 13.7. The number of primary amides is 1. The summed E-state index contributed by atoms with van der Waals surface area (Å²) in [6.45, 7) is 4.03. The van der Waals surface area contributed by atoms with Crippen LogP contribution in [0.15, 0.2) is 24.4 Å². The minimum atomic E-state index is 0.250. The molecule has 1 aliphatic heterocycles. The lowest BCUT2D eigenvalue weighted by atomic mass is 10.0. The van der Waals surface area contributed by atoms with Crippen molar-refractivity contribution in [2.75, 3.05) is 13.2 Å². The third kappa shape index (κ3) is 8.94. The van der Waals surface area contributed by atoms with Gasteiger partial charge in [-0.15, -0.1) is 0 Å². The van der Waals surface area contributed by atoms with Gasteiger partial charge < -0.3 is 15.5 Å². The first-order valence-corrected chi connectivity index (χ1v) is 9.53. The summed E-state index contributed by atoms with van der Waals surface area (Å²) in [4.78, 5) is 11.7. The van der Waals surface area contributed by atoms with Gasteiger partial charge in [0.05, 0.1) is 0 Å². The smallest absolute Gasteiger partial charge is 0.204 e. The van der Waals surface area contributed by atoms with Crippen molar-refractivity contribution in [1.82, 2.24) is 4.98 Å². The fourth-order valence-corrected chi connectivity index (χ4v) is 2.99. The van der Waals surface area contributed by atoms with Crippen molar-refractivity contribution < 1.29 is 9.53 Å². The molecule has 1 amide bonds. The Morgan fingerprint density at radius 1 is 1.00 bits per heavy atom. The van der Waals surface area contributed by atoms with Crippen LogP contribution in [0.3, 0.4) is 0 Å². The maximum atomic E-state index is 8.58. The molecule has 0 unspecified atom stereocenters. The van der Waals surface area contributed by atoms with Crippen LogP contribution < -0.4 is 5.73 Å². The van der Waals surface area contributed by atoms with E-state index in [1.54, 1.807) is 0 Å². The molecule has 5 heteroatoms. The van der Waals surface area contributed by atoms with Gasteiger partial charge in [0.2, 0.25) is 6.41 Å². The van der Waals surface area contributed by atoms with E-state index in [1.807, 2.05) is 31.3 Å². The number of carbonyl (C=O) groups is 1. The number of amides is 1. The quantitative estimate of drug-likeness (QED) is 0.615. The summed E-state index contributed by atoms with van der Waals surface area (Å²) in [5, 5.41) is 2.04. The van der Waals surface area contributed by atoms with Gasteiger partial charge in [-0.1, -0.05) is 50.1 Å². The maximum absolute atomic E-state index is 8.58. The first kappa shape index (κ1) is 21.5. The molecule has 2 fully saturated rings. The molecule has 4 rings (SSSR count). The van der Waals surface area contributed by atoms with Crippen molar-refractivity contribution in [3.05, 3.63) is 35.0 Å². The molecule has 2 aliphatic rings. The van der Waals surface area contributed by atoms with Crippen LogP contribution in [0.2, 0.25) is 5.02 Å². The monoisotopic (exact) mass is 366 g/mol. The Kier molecular flexibility index (Phi) is 11.8. The highest BCUT2D eigenvalue weighted by molar-refractivity contribution is 6.32. The number of hydrogen-bond donors (Lipinski definition) is 2. The number of aryl methyl sites for hydroxylation is 1. The Bertz CT molecular complexity index is 571. The molecule has 1 aromatic carbocycles. The number of halogens is 1. The lowest BCUT2D eigenvalue weighted by Crippen LogP contribution is -1.85. The van der Waals surface area contributed by atoms with E-state index >= 15 is 0 Å². The standard InChI is InChI=1S/C9H8ClN.C6H12.C4H8O.CH3NO/c1-6-7-4-5-11-9(7)3-2-8(6)10;1-2-4-6-5-3-1;1-2-4-5-3-1;2-1-3/h2-5,11H,1H3;1-6H2;1-4H2;1H,(H2,2,3). The number of nitrogens with two attached hydrogens (primary N) is 1. The molecule has 0 atom stereocenters. The van der Waals surface area contributed by atoms with E-state index in [-0.39, 0.29) is 6.41 Å². The molecular weight excluding hydrogens is 336 g/mol. The first-order chi connectivity index (χ1) is 12.2. The topological polar surface area (TPSA) is 68.1 Å². The molecule has 1 saturated heterocycles. The third-order valence-corrected chi connectivity index (χ3v) is 4.67. The number of ether oxygens (including phenoxy) is 1. The predicted octanol–water partition coefficient (Wildman–Crippen LogP) is 5.37. The highest BCUT2D eigenvalue weighted by Crippen LogP contribution is 2.23. The van der Waals surface area contributed by atoms with Crippen molar-refractivity contribution in [3.63, 3.8) is 0 Å². The molecule has 4 nitrogen and oxygen atoms in total. The normalized spacial score (nSPS) is 15.8. The Balaban J connectivity index is 0.000000189. The van der Waals surface area contributed by atoms with Crippen molar-refractivity contribution >= 4 is 28.9 Å². The number of H-pyrrole nitrogens is 1. The SMILES string of the molecule is C1CCCCC1.C1CCOC1.Cc1c(Cl)ccc2[nH]ccc12.NC=O. The lowest BCUT2D eigenvalue weighted by molar-refractivity contribution is -0.106. The fraction of sp³-hybridized carbons (Fsp3) is 0.550. The second-order valence-electron chi connectivity index (χ2n) is 6.19. The summed E-state index contributed by atoms with van der Waals surface area (Å²) in [6.07, 6.45) is 13.7.